The fraction of sp³-hybridized carbons (Fsp3) is 0.174. The molecule has 0 aromatic heterocycles. The van der Waals surface area contributed by atoms with Crippen LogP contribution in [0.15, 0.2) is 88.2 Å². The monoisotopic (exact) mass is 502 g/mol. The van der Waals surface area contributed by atoms with Crippen molar-refractivity contribution in [1.29, 1.82) is 0 Å². The average Bonchev–Trinajstić information content (AvgIpc) is 2.79. The number of hydrogen-bond donors (Lipinski definition) is 1. The minimum absolute atomic E-state index is 0.0506. The molecule has 0 aliphatic carbocycles. The lowest BCUT2D eigenvalue weighted by molar-refractivity contribution is -0.117. The van der Waals surface area contributed by atoms with E-state index in [-0.39, 0.29) is 17.2 Å². The third-order valence-corrected chi connectivity index (χ3v) is 7.28. The van der Waals surface area contributed by atoms with Gasteiger partial charge in [0.05, 0.1) is 18.0 Å². The Hall–Kier alpha value is -2.68. The Morgan fingerprint density at radius 2 is 1.61 bits per heavy atom. The van der Waals surface area contributed by atoms with Crippen LogP contribution in [0.5, 0.6) is 5.75 Å². The molecule has 3 aromatic carbocycles. The van der Waals surface area contributed by atoms with Gasteiger partial charge in [-0.2, -0.15) is 4.31 Å². The Kier molecular flexibility index (Phi) is 7.48. The van der Waals surface area contributed by atoms with Crippen LogP contribution in [0.2, 0.25) is 0 Å². The molecule has 0 fully saturated rings. The number of hydrogen-bond acceptors (Lipinski definition) is 4. The van der Waals surface area contributed by atoms with Crippen molar-refractivity contribution in [2.75, 3.05) is 19.5 Å². The highest BCUT2D eigenvalue weighted by Crippen LogP contribution is 2.30. The van der Waals surface area contributed by atoms with E-state index in [1.165, 1.54) is 11.4 Å². The van der Waals surface area contributed by atoms with Gasteiger partial charge in [-0.1, -0.05) is 46.3 Å². The summed E-state index contributed by atoms with van der Waals surface area (Å²) in [6, 6.07) is 21.7. The maximum Gasteiger partial charge on any atom is 0.243 e. The summed E-state index contributed by atoms with van der Waals surface area (Å²) >= 11 is 3.36. The Morgan fingerprint density at radius 1 is 1.00 bits per heavy atom. The Morgan fingerprint density at radius 3 is 2.19 bits per heavy atom. The van der Waals surface area contributed by atoms with Crippen LogP contribution < -0.4 is 10.1 Å². The number of carbonyl (C=O) groups excluding carboxylic acids is 1. The molecule has 162 valence electrons. The first-order valence-electron chi connectivity index (χ1n) is 9.53. The van der Waals surface area contributed by atoms with Gasteiger partial charge in [0.25, 0.3) is 0 Å². The van der Waals surface area contributed by atoms with Crippen molar-refractivity contribution < 1.29 is 17.9 Å². The summed E-state index contributed by atoms with van der Waals surface area (Å²) in [6.07, 6.45) is -0.0506. The SMILES string of the molecule is COc1ccc([C@H](CC(=O)Nc2ccc(Br)cc2)N(C)S(=O)(=O)c2ccccc2)cc1. The lowest BCUT2D eigenvalue weighted by atomic mass is 10.0. The molecule has 0 radical (unpaired) electrons. The summed E-state index contributed by atoms with van der Waals surface area (Å²) in [5.41, 5.74) is 1.32. The smallest absolute Gasteiger partial charge is 0.243 e. The maximum atomic E-state index is 13.2. The summed E-state index contributed by atoms with van der Waals surface area (Å²) < 4.78 is 33.8. The number of nitrogens with one attached hydrogen (secondary N) is 1. The lowest BCUT2D eigenvalue weighted by Crippen LogP contribution is -2.33. The first kappa shape index (κ1) is 23.0. The van der Waals surface area contributed by atoms with Gasteiger partial charge in [0.15, 0.2) is 0 Å². The van der Waals surface area contributed by atoms with Crippen LogP contribution in [-0.4, -0.2) is 32.8 Å². The topological polar surface area (TPSA) is 75.7 Å². The van der Waals surface area contributed by atoms with Gasteiger partial charge in [0.1, 0.15) is 5.75 Å². The van der Waals surface area contributed by atoms with Gasteiger partial charge in [0, 0.05) is 23.6 Å². The molecule has 0 aliphatic rings. The third kappa shape index (κ3) is 5.72. The van der Waals surface area contributed by atoms with Gasteiger partial charge >= 0.3 is 0 Å². The molecule has 8 heteroatoms. The van der Waals surface area contributed by atoms with Crippen LogP contribution in [0, 0.1) is 0 Å². The van der Waals surface area contributed by atoms with E-state index in [9.17, 15) is 13.2 Å². The van der Waals surface area contributed by atoms with E-state index in [4.69, 9.17) is 4.74 Å². The maximum absolute atomic E-state index is 13.2. The predicted octanol–water partition coefficient (Wildman–Crippen LogP) is 4.85. The first-order valence-corrected chi connectivity index (χ1v) is 11.8. The van der Waals surface area contributed by atoms with E-state index in [1.54, 1.807) is 73.8 Å². The number of anilines is 1. The number of methoxy groups -OCH3 is 1. The molecule has 0 aliphatic heterocycles. The zero-order valence-electron chi connectivity index (χ0n) is 17.2. The third-order valence-electron chi connectivity index (χ3n) is 4.87. The van der Waals surface area contributed by atoms with Gasteiger partial charge in [-0.25, -0.2) is 8.42 Å². The van der Waals surface area contributed by atoms with Gasteiger partial charge < -0.3 is 10.1 Å². The van der Waals surface area contributed by atoms with Crippen LogP contribution in [0.1, 0.15) is 18.0 Å². The zero-order valence-corrected chi connectivity index (χ0v) is 19.6. The van der Waals surface area contributed by atoms with E-state index in [1.807, 2.05) is 12.1 Å². The van der Waals surface area contributed by atoms with E-state index in [0.29, 0.717) is 17.0 Å². The largest absolute Gasteiger partial charge is 0.497 e. The second-order valence-electron chi connectivity index (χ2n) is 6.88. The highest BCUT2D eigenvalue weighted by Gasteiger charge is 2.30. The summed E-state index contributed by atoms with van der Waals surface area (Å²) in [7, 11) is -0.760. The zero-order chi connectivity index (χ0) is 22.4. The molecule has 1 amide bonds. The van der Waals surface area contributed by atoms with Crippen LogP contribution in [0.4, 0.5) is 5.69 Å². The van der Waals surface area contributed by atoms with E-state index >= 15 is 0 Å². The second-order valence-corrected chi connectivity index (χ2v) is 9.80. The van der Waals surface area contributed by atoms with Crippen molar-refractivity contribution in [3.8, 4) is 5.75 Å². The number of rotatable bonds is 8. The Labute approximate surface area is 191 Å². The standard InChI is InChI=1S/C23H23BrN2O4S/c1-26(31(28,29)21-6-4-3-5-7-21)22(17-8-14-20(30-2)15-9-17)16-23(27)25-19-12-10-18(24)11-13-19/h3-15,22H,16H2,1-2H3,(H,25,27)/t22-/m0/s1. The molecule has 3 rings (SSSR count). The molecular formula is C23H23BrN2O4S. The number of ether oxygens (including phenoxy) is 1. The van der Waals surface area contributed by atoms with Crippen molar-refractivity contribution in [3.63, 3.8) is 0 Å². The lowest BCUT2D eigenvalue weighted by Gasteiger charge is -2.28. The molecule has 0 saturated carbocycles. The van der Waals surface area contributed by atoms with Crippen molar-refractivity contribution >= 4 is 37.5 Å². The van der Waals surface area contributed by atoms with E-state index in [0.717, 1.165) is 4.47 Å². The molecule has 1 N–H and O–H groups in total. The van der Waals surface area contributed by atoms with Crippen LogP contribution in [0.25, 0.3) is 0 Å². The normalized spacial score (nSPS) is 12.4. The predicted molar refractivity (Wildman–Crippen MR) is 125 cm³/mol. The number of halogens is 1. The highest BCUT2D eigenvalue weighted by atomic mass is 79.9. The molecule has 6 nitrogen and oxygen atoms in total. The second kappa shape index (κ2) is 10.1. The summed E-state index contributed by atoms with van der Waals surface area (Å²) in [5, 5.41) is 2.83. The number of amides is 1. The molecule has 0 saturated heterocycles. The number of benzene rings is 3. The summed E-state index contributed by atoms with van der Waals surface area (Å²) in [6.45, 7) is 0. The van der Waals surface area contributed by atoms with Gasteiger partial charge in [0.2, 0.25) is 15.9 Å². The summed E-state index contributed by atoms with van der Waals surface area (Å²) in [4.78, 5) is 13.0. The molecule has 0 bridgehead atoms. The molecule has 31 heavy (non-hydrogen) atoms. The fourth-order valence-electron chi connectivity index (χ4n) is 3.13. The minimum Gasteiger partial charge on any atom is -0.497 e. The molecule has 0 unspecified atom stereocenters. The number of sulfonamides is 1. The van der Waals surface area contributed by atoms with Gasteiger partial charge in [-0.3, -0.25) is 4.79 Å². The van der Waals surface area contributed by atoms with Crippen molar-refractivity contribution in [1.82, 2.24) is 4.31 Å². The van der Waals surface area contributed by atoms with Gasteiger partial charge in [-0.15, -0.1) is 0 Å². The van der Waals surface area contributed by atoms with E-state index < -0.39 is 16.1 Å². The molecule has 0 heterocycles. The van der Waals surface area contributed by atoms with E-state index in [2.05, 4.69) is 21.2 Å². The fourth-order valence-corrected chi connectivity index (χ4v) is 4.76. The van der Waals surface area contributed by atoms with Crippen molar-refractivity contribution in [2.24, 2.45) is 0 Å². The highest BCUT2D eigenvalue weighted by molar-refractivity contribution is 9.10. The van der Waals surface area contributed by atoms with Crippen LogP contribution in [-0.2, 0) is 14.8 Å². The Balaban J connectivity index is 1.90. The molecule has 1 atom stereocenters. The minimum atomic E-state index is -3.81. The molecule has 0 spiro atoms. The van der Waals surface area contributed by atoms with Crippen molar-refractivity contribution in [3.05, 3.63) is 88.9 Å². The van der Waals surface area contributed by atoms with Crippen LogP contribution in [0.3, 0.4) is 0 Å². The number of nitrogens with zero attached hydrogens (tertiary/aromatic N) is 1. The number of carbonyl (C=O) groups is 1. The quantitative estimate of drug-likeness (QED) is 0.477. The summed E-state index contributed by atoms with van der Waals surface area (Å²) in [5.74, 6) is 0.355. The Bertz CT molecular complexity index is 1120. The molecular weight excluding hydrogens is 480 g/mol. The van der Waals surface area contributed by atoms with Gasteiger partial charge in [-0.05, 0) is 54.1 Å². The first-order chi connectivity index (χ1) is 14.8. The van der Waals surface area contributed by atoms with Crippen LogP contribution >= 0.6 is 15.9 Å². The van der Waals surface area contributed by atoms with Crippen molar-refractivity contribution in [2.45, 2.75) is 17.4 Å². The average molecular weight is 503 g/mol. The molecule has 3 aromatic rings.